The number of nitrogens with one attached hydrogen (secondary N) is 1. The molecule has 0 radical (unpaired) electrons. The Morgan fingerprint density at radius 3 is 2.73 bits per heavy atom. The van der Waals surface area contributed by atoms with E-state index in [4.69, 9.17) is 16.0 Å². The van der Waals surface area contributed by atoms with Crippen LogP contribution in [0.25, 0.3) is 38.1 Å². The lowest BCUT2D eigenvalue weighted by Crippen LogP contribution is -2.56. The van der Waals surface area contributed by atoms with E-state index in [1.807, 2.05) is 18.2 Å². The van der Waals surface area contributed by atoms with Gasteiger partial charge >= 0.3 is 0 Å². The van der Waals surface area contributed by atoms with Gasteiger partial charge in [-0.15, -0.1) is 0 Å². The van der Waals surface area contributed by atoms with Crippen LogP contribution in [0.15, 0.2) is 42.5 Å². The number of nitrogens with zero attached hydrogens (tertiary/aromatic N) is 4. The predicted octanol–water partition coefficient (Wildman–Crippen LogP) is 5.39. The summed E-state index contributed by atoms with van der Waals surface area (Å²) < 4.78 is 41.3. The number of rotatable bonds is 4. The number of likely N-dealkylation sites (N-methyl/N-ethyl adjacent to an activating group) is 1. The summed E-state index contributed by atoms with van der Waals surface area (Å²) >= 11 is 0. The molecule has 1 atom stereocenters. The molecule has 3 aromatic carbocycles. The van der Waals surface area contributed by atoms with Crippen molar-refractivity contribution in [1.29, 1.82) is 0 Å². The third kappa shape index (κ3) is 3.99. The first-order valence-corrected chi connectivity index (χ1v) is 12.1. The maximum absolute atomic E-state index is 15.1. The number of anilines is 1. The van der Waals surface area contributed by atoms with Crippen LogP contribution in [0.4, 0.5) is 20.2 Å². The minimum absolute atomic E-state index is 0.0873. The molecule has 4 aromatic rings. The molecule has 1 saturated heterocycles. The van der Waals surface area contributed by atoms with Gasteiger partial charge in [-0.05, 0) is 48.5 Å². The highest BCUT2D eigenvalue weighted by Gasteiger charge is 2.32. The Labute approximate surface area is 213 Å². The van der Waals surface area contributed by atoms with Crippen molar-refractivity contribution in [3.63, 3.8) is 0 Å². The summed E-state index contributed by atoms with van der Waals surface area (Å²) in [4.78, 5) is 8.24. The van der Waals surface area contributed by atoms with Gasteiger partial charge in [0.15, 0.2) is 5.69 Å². The quantitative estimate of drug-likeness (QED) is 0.380. The number of hydrogen-bond acceptors (Lipinski definition) is 5. The zero-order valence-corrected chi connectivity index (χ0v) is 20.5. The summed E-state index contributed by atoms with van der Waals surface area (Å²) in [6, 6.07) is 12.0. The van der Waals surface area contributed by atoms with E-state index in [0.29, 0.717) is 34.8 Å². The zero-order valence-electron chi connectivity index (χ0n) is 20.5. The number of benzene rings is 3. The largest absolute Gasteiger partial charge is 0.489 e. The molecule has 37 heavy (non-hydrogen) atoms. The number of hydrogen-bond donors (Lipinski definition) is 1. The van der Waals surface area contributed by atoms with Crippen molar-refractivity contribution in [2.75, 3.05) is 45.3 Å². The van der Waals surface area contributed by atoms with Gasteiger partial charge < -0.3 is 19.3 Å². The van der Waals surface area contributed by atoms with Crippen LogP contribution in [0.3, 0.4) is 0 Å². The average Bonchev–Trinajstić information content (AvgIpc) is 3.30. The lowest BCUT2D eigenvalue weighted by molar-refractivity contribution is 0.184. The Morgan fingerprint density at radius 1 is 1.16 bits per heavy atom. The van der Waals surface area contributed by atoms with Crippen LogP contribution in [0.5, 0.6) is 5.75 Å². The number of aromatic amines is 1. The highest BCUT2D eigenvalue weighted by atomic mass is 19.1. The molecular weight excluding hydrogens is 476 g/mol. The topological polar surface area (TPSA) is 58.0 Å². The molecule has 2 aliphatic rings. The summed E-state index contributed by atoms with van der Waals surface area (Å²) in [5.41, 5.74) is 3.56. The van der Waals surface area contributed by atoms with Gasteiger partial charge in [-0.3, -0.25) is 5.10 Å². The summed E-state index contributed by atoms with van der Waals surface area (Å²) in [5, 5.41) is 8.13. The van der Waals surface area contributed by atoms with Gasteiger partial charge in [-0.25, -0.2) is 13.6 Å². The van der Waals surface area contributed by atoms with E-state index < -0.39 is 11.6 Å². The van der Waals surface area contributed by atoms with E-state index in [0.717, 1.165) is 36.6 Å². The minimum atomic E-state index is -0.745. The molecule has 188 valence electrons. The first-order valence-electron chi connectivity index (χ1n) is 12.1. The predicted molar refractivity (Wildman–Crippen MR) is 138 cm³/mol. The van der Waals surface area contributed by atoms with Crippen molar-refractivity contribution in [3.05, 3.63) is 71.1 Å². The van der Waals surface area contributed by atoms with Gasteiger partial charge in [0.1, 0.15) is 24.0 Å². The van der Waals surface area contributed by atoms with Crippen molar-refractivity contribution >= 4 is 22.3 Å². The van der Waals surface area contributed by atoms with Crippen molar-refractivity contribution in [1.82, 2.24) is 15.1 Å². The number of piperazine rings is 1. The van der Waals surface area contributed by atoms with Crippen molar-refractivity contribution in [3.8, 4) is 28.1 Å². The normalized spacial score (nSPS) is 17.3. The van der Waals surface area contributed by atoms with Gasteiger partial charge in [0.25, 0.3) is 0 Å². The van der Waals surface area contributed by atoms with Crippen LogP contribution < -0.4 is 9.64 Å². The van der Waals surface area contributed by atoms with E-state index in [9.17, 15) is 0 Å². The van der Waals surface area contributed by atoms with Gasteiger partial charge in [-0.1, -0.05) is 12.1 Å². The van der Waals surface area contributed by atoms with E-state index >= 15 is 8.78 Å². The molecule has 3 heterocycles. The first-order chi connectivity index (χ1) is 18.0. The Bertz CT molecular complexity index is 1540. The SMILES string of the molecule is [C-]#[N+]c1cc2[nH]nc(-c3ccc4c(c3)OCC3CN(C)CCN43)c2cc1-c1c(F)cc(COC)cc1F. The molecule has 0 saturated carbocycles. The Morgan fingerprint density at radius 2 is 1.97 bits per heavy atom. The Balaban J connectivity index is 1.44. The van der Waals surface area contributed by atoms with Crippen LogP contribution in [0, 0.1) is 18.2 Å². The molecule has 0 amide bonds. The van der Waals surface area contributed by atoms with Gasteiger partial charge in [0, 0.05) is 43.3 Å². The molecule has 9 heteroatoms. The molecule has 0 spiro atoms. The van der Waals surface area contributed by atoms with Crippen LogP contribution >= 0.6 is 0 Å². The first kappa shape index (κ1) is 23.4. The number of fused-ring (bicyclic) bond motifs is 4. The summed E-state index contributed by atoms with van der Waals surface area (Å²) in [7, 11) is 3.59. The molecule has 0 aliphatic carbocycles. The maximum Gasteiger partial charge on any atom is 0.197 e. The fraction of sp³-hybridized carbons (Fsp3) is 0.286. The summed E-state index contributed by atoms with van der Waals surface area (Å²) in [6.07, 6.45) is 0. The maximum atomic E-state index is 15.1. The highest BCUT2D eigenvalue weighted by Crippen LogP contribution is 2.42. The summed E-state index contributed by atoms with van der Waals surface area (Å²) in [6.45, 7) is 11.2. The molecular formula is C28H25F2N5O2. The van der Waals surface area contributed by atoms with Gasteiger partial charge in [-0.2, -0.15) is 5.10 Å². The summed E-state index contributed by atoms with van der Waals surface area (Å²) in [5.74, 6) is -0.700. The van der Waals surface area contributed by atoms with Crippen LogP contribution in [0.2, 0.25) is 0 Å². The molecule has 1 unspecified atom stereocenters. The Hall–Kier alpha value is -4.00. The molecule has 0 bridgehead atoms. The lowest BCUT2D eigenvalue weighted by Gasteiger charge is -2.44. The van der Waals surface area contributed by atoms with Crippen LogP contribution in [0.1, 0.15) is 5.56 Å². The zero-order chi connectivity index (χ0) is 25.7. The molecule has 6 rings (SSSR count). The molecule has 2 aliphatic heterocycles. The smallest absolute Gasteiger partial charge is 0.197 e. The number of H-pyrrole nitrogens is 1. The van der Waals surface area contributed by atoms with Crippen LogP contribution in [-0.4, -0.2) is 61.5 Å². The minimum Gasteiger partial charge on any atom is -0.489 e. The van der Waals surface area contributed by atoms with Crippen molar-refractivity contribution in [2.45, 2.75) is 12.6 Å². The second kappa shape index (κ2) is 9.14. The average molecular weight is 502 g/mol. The third-order valence-electron chi connectivity index (χ3n) is 7.14. The van der Waals surface area contributed by atoms with E-state index in [-0.39, 0.29) is 23.4 Å². The Kier molecular flexibility index (Phi) is 5.78. The van der Waals surface area contributed by atoms with Gasteiger partial charge in [0.2, 0.25) is 0 Å². The lowest BCUT2D eigenvalue weighted by atomic mass is 9.97. The highest BCUT2D eigenvalue weighted by molar-refractivity contribution is 6.00. The fourth-order valence-corrected chi connectivity index (χ4v) is 5.37. The molecule has 1 fully saturated rings. The second-order valence-corrected chi connectivity index (χ2v) is 9.57. The third-order valence-corrected chi connectivity index (χ3v) is 7.14. The molecule has 7 nitrogen and oxygen atoms in total. The van der Waals surface area contributed by atoms with E-state index in [1.54, 1.807) is 12.1 Å². The van der Waals surface area contributed by atoms with Gasteiger partial charge in [0.05, 0.1) is 36.1 Å². The number of ether oxygens (including phenoxy) is 2. The van der Waals surface area contributed by atoms with E-state index in [1.165, 1.54) is 19.2 Å². The monoisotopic (exact) mass is 501 g/mol. The van der Waals surface area contributed by atoms with Crippen molar-refractivity contribution < 1.29 is 18.3 Å². The van der Waals surface area contributed by atoms with E-state index in [2.05, 4.69) is 31.9 Å². The fourth-order valence-electron chi connectivity index (χ4n) is 5.37. The number of aromatic nitrogens is 2. The van der Waals surface area contributed by atoms with Crippen molar-refractivity contribution in [2.24, 2.45) is 0 Å². The van der Waals surface area contributed by atoms with Crippen LogP contribution in [-0.2, 0) is 11.3 Å². The number of methoxy groups -OCH3 is 1. The molecule has 1 N–H and O–H groups in total. The second-order valence-electron chi connectivity index (χ2n) is 9.57. The standard InChI is InChI=1S/C28H25F2N5O2/c1-31-23-12-24-20(11-19(23)27-21(29)8-16(14-36-3)9-22(27)30)28(33-32-24)17-4-5-25-26(10-17)37-15-18-13-34(2)6-7-35(18)25/h4-5,8-12,18H,6-7,13-15H2,2-3H3,(H,32,33). The molecule has 1 aromatic heterocycles. The number of halogens is 2.